The molecule has 0 unspecified atom stereocenters. The van der Waals surface area contributed by atoms with Gasteiger partial charge in [-0.15, -0.1) is 0 Å². The lowest BCUT2D eigenvalue weighted by molar-refractivity contribution is 0.477. The Hall–Kier alpha value is -1.14. The fourth-order valence-corrected chi connectivity index (χ4v) is 3.36. The summed E-state index contributed by atoms with van der Waals surface area (Å²) < 4.78 is 25.9. The highest BCUT2D eigenvalue weighted by atomic mass is 32.2. The molecular weight excluding hydrogens is 238 g/mol. The molecule has 6 heteroatoms. The second kappa shape index (κ2) is 5.01. The van der Waals surface area contributed by atoms with Gasteiger partial charge in [0.25, 0.3) is 0 Å². The minimum Gasteiger partial charge on any atom is -0.370 e. The van der Waals surface area contributed by atoms with Crippen molar-refractivity contribution in [2.75, 3.05) is 25.0 Å². The van der Waals surface area contributed by atoms with Crippen molar-refractivity contribution in [1.29, 1.82) is 0 Å². The van der Waals surface area contributed by atoms with Crippen LogP contribution in [-0.4, -0.2) is 37.3 Å². The van der Waals surface area contributed by atoms with E-state index in [-0.39, 0.29) is 4.90 Å². The molecule has 1 fully saturated rings. The third kappa shape index (κ3) is 2.58. The van der Waals surface area contributed by atoms with Crippen molar-refractivity contribution in [1.82, 2.24) is 9.29 Å². The summed E-state index contributed by atoms with van der Waals surface area (Å²) >= 11 is 0. The number of pyridine rings is 1. The van der Waals surface area contributed by atoms with E-state index in [1.807, 2.05) is 6.92 Å². The van der Waals surface area contributed by atoms with Gasteiger partial charge in [0.2, 0.25) is 10.0 Å². The van der Waals surface area contributed by atoms with Gasteiger partial charge < -0.3 is 5.32 Å². The summed E-state index contributed by atoms with van der Waals surface area (Å²) in [4.78, 5) is 4.37. The normalized spacial score (nSPS) is 17.2. The van der Waals surface area contributed by atoms with Crippen molar-refractivity contribution in [3.63, 3.8) is 0 Å². The van der Waals surface area contributed by atoms with Crippen molar-refractivity contribution in [3.05, 3.63) is 18.3 Å². The maximum absolute atomic E-state index is 12.2. The molecule has 1 aliphatic rings. The molecule has 0 aliphatic carbocycles. The molecular formula is C11H17N3O2S. The predicted octanol–water partition coefficient (Wildman–Crippen LogP) is 1.30. The third-order valence-corrected chi connectivity index (χ3v) is 4.68. The Morgan fingerprint density at radius 1 is 1.35 bits per heavy atom. The van der Waals surface area contributed by atoms with E-state index in [0.29, 0.717) is 18.9 Å². The molecule has 94 valence electrons. The molecule has 1 aromatic rings. The summed E-state index contributed by atoms with van der Waals surface area (Å²) in [6, 6.07) is 3.31. The fourth-order valence-electron chi connectivity index (χ4n) is 1.90. The van der Waals surface area contributed by atoms with Gasteiger partial charge >= 0.3 is 0 Å². The zero-order valence-corrected chi connectivity index (χ0v) is 10.7. The van der Waals surface area contributed by atoms with Gasteiger partial charge in [0.1, 0.15) is 10.7 Å². The van der Waals surface area contributed by atoms with Gasteiger partial charge in [-0.25, -0.2) is 13.4 Å². The average Bonchev–Trinajstić information content (AvgIpc) is 2.84. The van der Waals surface area contributed by atoms with Crippen LogP contribution in [0.4, 0.5) is 5.82 Å². The number of nitrogens with one attached hydrogen (secondary N) is 1. The highest BCUT2D eigenvalue weighted by molar-refractivity contribution is 7.89. The summed E-state index contributed by atoms with van der Waals surface area (Å²) in [5.74, 6) is 0.702. The predicted molar refractivity (Wildman–Crippen MR) is 66.4 cm³/mol. The van der Waals surface area contributed by atoms with Gasteiger partial charge in [0.05, 0.1) is 0 Å². The van der Waals surface area contributed by atoms with E-state index in [1.165, 1.54) is 10.5 Å². The largest absolute Gasteiger partial charge is 0.370 e. The zero-order valence-electron chi connectivity index (χ0n) is 9.89. The number of hydrogen-bond acceptors (Lipinski definition) is 4. The SMILES string of the molecule is CCNc1ccc(S(=O)(=O)N2CCCC2)cn1. The number of aromatic nitrogens is 1. The fraction of sp³-hybridized carbons (Fsp3) is 0.545. The van der Waals surface area contributed by atoms with Gasteiger partial charge in [-0.2, -0.15) is 4.31 Å². The standard InChI is InChI=1S/C11H17N3O2S/c1-2-12-11-6-5-10(9-13-11)17(15,16)14-7-3-4-8-14/h5-6,9H,2-4,7-8H2,1H3,(H,12,13). The first kappa shape index (κ1) is 12.3. The van der Waals surface area contributed by atoms with Crippen LogP contribution in [0.2, 0.25) is 0 Å². The van der Waals surface area contributed by atoms with Gasteiger partial charge in [-0.1, -0.05) is 0 Å². The van der Waals surface area contributed by atoms with Crippen LogP contribution in [0.15, 0.2) is 23.2 Å². The smallest absolute Gasteiger partial charge is 0.244 e. The molecule has 0 radical (unpaired) electrons. The van der Waals surface area contributed by atoms with Crippen LogP contribution in [0.25, 0.3) is 0 Å². The van der Waals surface area contributed by atoms with E-state index in [9.17, 15) is 8.42 Å². The van der Waals surface area contributed by atoms with Crippen LogP contribution in [0.3, 0.4) is 0 Å². The van der Waals surface area contributed by atoms with E-state index < -0.39 is 10.0 Å². The van der Waals surface area contributed by atoms with Gasteiger partial charge in [-0.3, -0.25) is 0 Å². The van der Waals surface area contributed by atoms with Crippen molar-refractivity contribution < 1.29 is 8.42 Å². The number of anilines is 1. The summed E-state index contributed by atoms with van der Waals surface area (Å²) in [6.45, 7) is 3.98. The Kier molecular flexibility index (Phi) is 3.63. The number of sulfonamides is 1. The number of nitrogens with zero attached hydrogens (tertiary/aromatic N) is 2. The van der Waals surface area contributed by atoms with E-state index in [0.717, 1.165) is 19.4 Å². The molecule has 0 spiro atoms. The highest BCUT2D eigenvalue weighted by Gasteiger charge is 2.27. The molecule has 1 aromatic heterocycles. The molecule has 17 heavy (non-hydrogen) atoms. The maximum Gasteiger partial charge on any atom is 0.244 e. The molecule has 0 aromatic carbocycles. The van der Waals surface area contributed by atoms with Gasteiger partial charge in [-0.05, 0) is 31.9 Å². The Morgan fingerprint density at radius 2 is 2.06 bits per heavy atom. The maximum atomic E-state index is 12.2. The minimum absolute atomic E-state index is 0.279. The summed E-state index contributed by atoms with van der Waals surface area (Å²) in [6.07, 6.45) is 3.32. The van der Waals surface area contributed by atoms with Crippen LogP contribution >= 0.6 is 0 Å². The molecule has 2 heterocycles. The Balaban J connectivity index is 2.21. The summed E-state index contributed by atoms with van der Waals surface area (Å²) in [5, 5.41) is 3.04. The molecule has 1 N–H and O–H groups in total. The minimum atomic E-state index is -3.33. The third-order valence-electron chi connectivity index (χ3n) is 2.80. The van der Waals surface area contributed by atoms with Crippen molar-refractivity contribution in [3.8, 4) is 0 Å². The second-order valence-corrected chi connectivity index (χ2v) is 5.96. The van der Waals surface area contributed by atoms with Crippen LogP contribution < -0.4 is 5.32 Å². The molecule has 0 amide bonds. The number of rotatable bonds is 4. The average molecular weight is 255 g/mol. The Labute approximate surface area is 102 Å². The Bertz CT molecular complexity index is 464. The number of hydrogen-bond donors (Lipinski definition) is 1. The molecule has 0 bridgehead atoms. The quantitative estimate of drug-likeness (QED) is 0.881. The summed E-state index contributed by atoms with van der Waals surface area (Å²) in [7, 11) is -3.33. The van der Waals surface area contributed by atoms with Crippen molar-refractivity contribution in [2.45, 2.75) is 24.7 Å². The van der Waals surface area contributed by atoms with Crippen molar-refractivity contribution >= 4 is 15.8 Å². The van der Waals surface area contributed by atoms with Crippen molar-refractivity contribution in [2.24, 2.45) is 0 Å². The van der Waals surface area contributed by atoms with Crippen LogP contribution in [0.1, 0.15) is 19.8 Å². The van der Waals surface area contributed by atoms with E-state index in [2.05, 4.69) is 10.3 Å². The monoisotopic (exact) mass is 255 g/mol. The highest BCUT2D eigenvalue weighted by Crippen LogP contribution is 2.20. The molecule has 1 saturated heterocycles. The first-order chi connectivity index (χ1) is 8.14. The second-order valence-electron chi connectivity index (χ2n) is 4.02. The topological polar surface area (TPSA) is 62.3 Å². The molecule has 1 aliphatic heterocycles. The molecule has 0 atom stereocenters. The van der Waals surface area contributed by atoms with Crippen LogP contribution in [-0.2, 0) is 10.0 Å². The van der Waals surface area contributed by atoms with Crippen LogP contribution in [0, 0.1) is 0 Å². The lowest BCUT2D eigenvalue weighted by Crippen LogP contribution is -2.27. The van der Waals surface area contributed by atoms with E-state index in [4.69, 9.17) is 0 Å². The van der Waals surface area contributed by atoms with E-state index >= 15 is 0 Å². The lowest BCUT2D eigenvalue weighted by Gasteiger charge is -2.15. The lowest BCUT2D eigenvalue weighted by atomic mass is 10.4. The summed E-state index contributed by atoms with van der Waals surface area (Å²) in [5.41, 5.74) is 0. The molecule has 5 nitrogen and oxygen atoms in total. The van der Waals surface area contributed by atoms with E-state index in [1.54, 1.807) is 12.1 Å². The first-order valence-corrected chi connectivity index (χ1v) is 7.28. The van der Waals surface area contributed by atoms with Gasteiger partial charge in [0.15, 0.2) is 0 Å². The first-order valence-electron chi connectivity index (χ1n) is 5.84. The Morgan fingerprint density at radius 3 is 2.59 bits per heavy atom. The molecule has 2 rings (SSSR count). The van der Waals surface area contributed by atoms with Gasteiger partial charge in [0, 0.05) is 25.8 Å². The molecule has 0 saturated carbocycles. The zero-order chi connectivity index (χ0) is 12.3. The van der Waals surface area contributed by atoms with Crippen LogP contribution in [0.5, 0.6) is 0 Å².